The fourth-order valence-corrected chi connectivity index (χ4v) is 3.20. The van der Waals surface area contributed by atoms with Gasteiger partial charge in [0.2, 0.25) is 5.95 Å². The van der Waals surface area contributed by atoms with Crippen molar-refractivity contribution in [2.75, 3.05) is 5.32 Å². The molecular formula is C16H27N3. The molecule has 1 heterocycles. The minimum absolute atomic E-state index is 0.561. The van der Waals surface area contributed by atoms with Gasteiger partial charge in [0, 0.05) is 18.8 Å². The number of nitrogens with zero attached hydrogens (tertiary/aromatic N) is 2. The van der Waals surface area contributed by atoms with Crippen LogP contribution in [0.3, 0.4) is 0 Å². The van der Waals surface area contributed by atoms with Crippen LogP contribution >= 0.6 is 0 Å². The number of nitrogens with one attached hydrogen (secondary N) is 1. The highest BCUT2D eigenvalue weighted by molar-refractivity contribution is 5.31. The van der Waals surface area contributed by atoms with E-state index < -0.39 is 0 Å². The molecule has 0 bridgehead atoms. The maximum atomic E-state index is 4.62. The van der Waals surface area contributed by atoms with Gasteiger partial charge in [-0.2, -0.15) is 0 Å². The van der Waals surface area contributed by atoms with Crippen LogP contribution in [0.1, 0.15) is 51.1 Å². The molecule has 1 atom stereocenters. The Morgan fingerprint density at radius 1 is 1.47 bits per heavy atom. The van der Waals surface area contributed by atoms with E-state index in [1.165, 1.54) is 38.5 Å². The van der Waals surface area contributed by atoms with Crippen LogP contribution in [0.15, 0.2) is 18.9 Å². The van der Waals surface area contributed by atoms with E-state index >= 15 is 0 Å². The lowest BCUT2D eigenvalue weighted by atomic mass is 9.83. The lowest BCUT2D eigenvalue weighted by Gasteiger charge is -2.30. The number of rotatable bonds is 6. The fourth-order valence-electron chi connectivity index (χ4n) is 3.20. The molecule has 0 radical (unpaired) electrons. The molecule has 1 aromatic rings. The summed E-state index contributed by atoms with van der Waals surface area (Å²) in [7, 11) is 0. The Morgan fingerprint density at radius 3 is 2.84 bits per heavy atom. The average Bonchev–Trinajstić information content (AvgIpc) is 2.77. The largest absolute Gasteiger partial charge is 0.353 e. The Balaban J connectivity index is 2.06. The van der Waals surface area contributed by atoms with Crippen molar-refractivity contribution in [2.45, 2.75) is 65.0 Å². The third kappa shape index (κ3) is 3.62. The van der Waals surface area contributed by atoms with Gasteiger partial charge in [0.15, 0.2) is 0 Å². The summed E-state index contributed by atoms with van der Waals surface area (Å²) in [6.45, 7) is 8.97. The quantitative estimate of drug-likeness (QED) is 0.780. The zero-order chi connectivity index (χ0) is 13.7. The highest BCUT2D eigenvalue weighted by Gasteiger charge is 2.23. The minimum Gasteiger partial charge on any atom is -0.353 e. The van der Waals surface area contributed by atoms with E-state index in [1.807, 2.05) is 13.0 Å². The molecule has 0 amide bonds. The predicted molar refractivity (Wildman–Crippen MR) is 81.4 cm³/mol. The molecule has 3 heteroatoms. The topological polar surface area (TPSA) is 29.9 Å². The lowest BCUT2D eigenvalue weighted by molar-refractivity contribution is 0.311. The molecule has 2 rings (SSSR count). The van der Waals surface area contributed by atoms with Gasteiger partial charge in [0.1, 0.15) is 0 Å². The summed E-state index contributed by atoms with van der Waals surface area (Å²) in [6.07, 6.45) is 12.1. The molecule has 106 valence electrons. The molecule has 0 spiro atoms. The summed E-state index contributed by atoms with van der Waals surface area (Å²) < 4.78 is 2.16. The summed E-state index contributed by atoms with van der Waals surface area (Å²) in [5.74, 6) is 1.82. The van der Waals surface area contributed by atoms with Crippen molar-refractivity contribution in [2.24, 2.45) is 5.92 Å². The van der Waals surface area contributed by atoms with Crippen LogP contribution in [0.25, 0.3) is 0 Å². The fraction of sp³-hybridized carbons (Fsp3) is 0.688. The number of allylic oxidation sites excluding steroid dienone is 1. The molecule has 1 aromatic heterocycles. The third-order valence-corrected chi connectivity index (χ3v) is 4.20. The molecule has 1 saturated carbocycles. The first-order valence-electron chi connectivity index (χ1n) is 7.65. The van der Waals surface area contributed by atoms with E-state index in [1.54, 1.807) is 0 Å². The number of imidazole rings is 1. The molecule has 3 nitrogen and oxygen atoms in total. The normalized spacial score (nSPS) is 18.2. The van der Waals surface area contributed by atoms with Gasteiger partial charge in [-0.25, -0.2) is 4.98 Å². The van der Waals surface area contributed by atoms with Crippen LogP contribution in [0.5, 0.6) is 0 Å². The van der Waals surface area contributed by atoms with Crippen molar-refractivity contribution < 1.29 is 0 Å². The van der Waals surface area contributed by atoms with Crippen LogP contribution in [-0.4, -0.2) is 15.6 Å². The number of hydrogen-bond acceptors (Lipinski definition) is 2. The number of aromatic nitrogens is 2. The van der Waals surface area contributed by atoms with Gasteiger partial charge in [0.05, 0.1) is 5.69 Å². The van der Waals surface area contributed by atoms with Crippen LogP contribution in [0, 0.1) is 12.8 Å². The number of hydrogen-bond donors (Lipinski definition) is 1. The second kappa shape index (κ2) is 6.78. The van der Waals surface area contributed by atoms with Crippen molar-refractivity contribution >= 4 is 5.95 Å². The Hall–Kier alpha value is -1.25. The Bertz CT molecular complexity index is 402. The van der Waals surface area contributed by atoms with Gasteiger partial charge in [-0.3, -0.25) is 0 Å². The van der Waals surface area contributed by atoms with Crippen molar-refractivity contribution in [1.29, 1.82) is 0 Å². The highest BCUT2D eigenvalue weighted by Crippen LogP contribution is 2.29. The zero-order valence-corrected chi connectivity index (χ0v) is 12.4. The first-order valence-corrected chi connectivity index (χ1v) is 7.65. The molecule has 1 aliphatic rings. The van der Waals surface area contributed by atoms with Crippen molar-refractivity contribution in [3.05, 3.63) is 24.5 Å². The van der Waals surface area contributed by atoms with E-state index in [4.69, 9.17) is 0 Å². The van der Waals surface area contributed by atoms with Crippen molar-refractivity contribution in [3.8, 4) is 0 Å². The second-order valence-electron chi connectivity index (χ2n) is 5.70. The molecule has 1 aliphatic carbocycles. The van der Waals surface area contributed by atoms with E-state index in [0.717, 1.165) is 24.1 Å². The van der Waals surface area contributed by atoms with Gasteiger partial charge in [-0.15, -0.1) is 6.58 Å². The van der Waals surface area contributed by atoms with E-state index in [-0.39, 0.29) is 0 Å². The zero-order valence-electron chi connectivity index (χ0n) is 12.4. The minimum atomic E-state index is 0.561. The maximum Gasteiger partial charge on any atom is 0.203 e. The van der Waals surface area contributed by atoms with Gasteiger partial charge < -0.3 is 9.88 Å². The molecule has 0 aliphatic heterocycles. The van der Waals surface area contributed by atoms with Gasteiger partial charge in [-0.05, 0) is 32.1 Å². The van der Waals surface area contributed by atoms with E-state index in [2.05, 4.69) is 34.6 Å². The third-order valence-electron chi connectivity index (χ3n) is 4.20. The first-order chi connectivity index (χ1) is 9.24. The van der Waals surface area contributed by atoms with Crippen molar-refractivity contribution in [3.63, 3.8) is 0 Å². The monoisotopic (exact) mass is 261 g/mol. The number of anilines is 1. The Morgan fingerprint density at radius 2 is 2.21 bits per heavy atom. The van der Waals surface area contributed by atoms with Gasteiger partial charge in [-0.1, -0.05) is 32.3 Å². The van der Waals surface area contributed by atoms with E-state index in [0.29, 0.717) is 6.04 Å². The summed E-state index contributed by atoms with van der Waals surface area (Å²) >= 11 is 0. The highest BCUT2D eigenvalue weighted by atomic mass is 15.2. The average molecular weight is 261 g/mol. The number of aryl methyl sites for hydroxylation is 1. The van der Waals surface area contributed by atoms with Gasteiger partial charge in [0.25, 0.3) is 0 Å². The van der Waals surface area contributed by atoms with Crippen LogP contribution < -0.4 is 5.32 Å². The van der Waals surface area contributed by atoms with Crippen LogP contribution in [0.2, 0.25) is 0 Å². The molecule has 1 fully saturated rings. The first kappa shape index (κ1) is 14.2. The van der Waals surface area contributed by atoms with E-state index in [9.17, 15) is 0 Å². The summed E-state index contributed by atoms with van der Waals surface area (Å²) in [4.78, 5) is 4.62. The molecule has 1 N–H and O–H groups in total. The predicted octanol–water partition coefficient (Wildman–Crippen LogP) is 4.15. The Kier molecular flexibility index (Phi) is 5.06. The van der Waals surface area contributed by atoms with Gasteiger partial charge >= 0.3 is 0 Å². The molecule has 0 saturated heterocycles. The van der Waals surface area contributed by atoms with Crippen LogP contribution in [0.4, 0.5) is 5.95 Å². The second-order valence-corrected chi connectivity index (χ2v) is 5.70. The molecule has 1 unspecified atom stereocenters. The summed E-state index contributed by atoms with van der Waals surface area (Å²) in [5, 5.41) is 3.68. The molecular weight excluding hydrogens is 234 g/mol. The summed E-state index contributed by atoms with van der Waals surface area (Å²) in [5.41, 5.74) is 1.07. The lowest BCUT2D eigenvalue weighted by Crippen LogP contribution is -2.31. The standard InChI is InChI=1S/C16H27N3/c1-4-11-19-12-13(3)17-16(19)18-15(5-2)14-9-7-6-8-10-14/h4,12,14-15H,1,5-11H2,2-3H3,(H,17,18). The maximum absolute atomic E-state index is 4.62. The van der Waals surface area contributed by atoms with Crippen molar-refractivity contribution in [1.82, 2.24) is 9.55 Å². The molecule has 0 aromatic carbocycles. The summed E-state index contributed by atoms with van der Waals surface area (Å²) in [6, 6.07) is 0.561. The Labute approximate surface area is 117 Å². The SMILES string of the molecule is C=CCn1cc(C)nc1NC(CC)C1CCCCC1. The smallest absolute Gasteiger partial charge is 0.203 e. The molecule has 19 heavy (non-hydrogen) atoms. The van der Waals surface area contributed by atoms with Crippen LogP contribution in [-0.2, 0) is 6.54 Å².